The highest BCUT2D eigenvalue weighted by Crippen LogP contribution is 2.23. The van der Waals surface area contributed by atoms with E-state index in [1.807, 2.05) is 0 Å². The van der Waals surface area contributed by atoms with Crippen molar-refractivity contribution in [1.82, 2.24) is 5.32 Å². The van der Waals surface area contributed by atoms with Crippen molar-refractivity contribution in [3.05, 3.63) is 28.8 Å². The lowest BCUT2D eigenvalue weighted by atomic mass is 9.97. The Kier molecular flexibility index (Phi) is 9.93. The molecule has 26 heavy (non-hydrogen) atoms. The molecule has 0 bridgehead atoms. The van der Waals surface area contributed by atoms with Gasteiger partial charge in [-0.3, -0.25) is 10.1 Å². The van der Waals surface area contributed by atoms with Crippen molar-refractivity contribution in [2.75, 3.05) is 6.61 Å². The van der Waals surface area contributed by atoms with Gasteiger partial charge in [-0.25, -0.2) is 4.99 Å². The molecule has 0 saturated heterocycles. The first-order chi connectivity index (χ1) is 12.1. The van der Waals surface area contributed by atoms with Gasteiger partial charge in [-0.15, -0.1) is 18.8 Å². The molecular formula is C19H25Cl2N3O2. The normalized spacial score (nSPS) is 15.8. The SMILES string of the molecule is C#CCOc1ccc(Cl)cc1C(=O)NC(N)=NC1CCCCCCC1.Cl. The summed E-state index contributed by atoms with van der Waals surface area (Å²) in [5.41, 5.74) is 6.21. The molecule has 0 aromatic heterocycles. The average molecular weight is 398 g/mol. The molecule has 1 amide bonds. The first-order valence-corrected chi connectivity index (χ1v) is 8.98. The van der Waals surface area contributed by atoms with Gasteiger partial charge in [-0.05, 0) is 31.0 Å². The zero-order valence-electron chi connectivity index (χ0n) is 14.7. The van der Waals surface area contributed by atoms with Crippen molar-refractivity contribution in [2.24, 2.45) is 10.7 Å². The molecule has 142 valence electrons. The van der Waals surface area contributed by atoms with E-state index in [0.717, 1.165) is 25.7 Å². The van der Waals surface area contributed by atoms with Crippen LogP contribution in [-0.2, 0) is 0 Å². The molecule has 5 nitrogen and oxygen atoms in total. The predicted molar refractivity (Wildman–Crippen MR) is 108 cm³/mol. The molecule has 0 spiro atoms. The van der Waals surface area contributed by atoms with E-state index in [4.69, 9.17) is 28.5 Å². The number of rotatable bonds is 4. The smallest absolute Gasteiger partial charge is 0.261 e. The maximum absolute atomic E-state index is 12.5. The molecule has 1 aliphatic carbocycles. The predicted octanol–water partition coefficient (Wildman–Crippen LogP) is 3.93. The van der Waals surface area contributed by atoms with Crippen molar-refractivity contribution in [2.45, 2.75) is 51.0 Å². The molecule has 7 heteroatoms. The van der Waals surface area contributed by atoms with E-state index in [-0.39, 0.29) is 36.6 Å². The fourth-order valence-electron chi connectivity index (χ4n) is 2.90. The van der Waals surface area contributed by atoms with Gasteiger partial charge < -0.3 is 10.5 Å². The van der Waals surface area contributed by atoms with E-state index in [9.17, 15) is 4.79 Å². The number of hydrogen-bond acceptors (Lipinski definition) is 3. The molecule has 1 fully saturated rings. The van der Waals surface area contributed by atoms with Gasteiger partial charge in [0.1, 0.15) is 12.4 Å². The molecule has 0 aliphatic heterocycles. The summed E-state index contributed by atoms with van der Waals surface area (Å²) in [7, 11) is 0. The molecule has 0 radical (unpaired) electrons. The Morgan fingerprint density at radius 2 is 1.96 bits per heavy atom. The first-order valence-electron chi connectivity index (χ1n) is 8.60. The Morgan fingerprint density at radius 1 is 1.31 bits per heavy atom. The van der Waals surface area contributed by atoms with Crippen LogP contribution in [0.4, 0.5) is 0 Å². The largest absolute Gasteiger partial charge is 0.480 e. The molecule has 1 saturated carbocycles. The van der Waals surface area contributed by atoms with E-state index >= 15 is 0 Å². The highest BCUT2D eigenvalue weighted by atomic mass is 35.5. The van der Waals surface area contributed by atoms with Crippen LogP contribution in [0.15, 0.2) is 23.2 Å². The van der Waals surface area contributed by atoms with Gasteiger partial charge in [0.05, 0.1) is 11.6 Å². The van der Waals surface area contributed by atoms with Crippen LogP contribution in [0, 0.1) is 12.3 Å². The topological polar surface area (TPSA) is 76.7 Å². The summed E-state index contributed by atoms with van der Waals surface area (Å²) < 4.78 is 5.39. The zero-order valence-corrected chi connectivity index (χ0v) is 16.2. The molecule has 0 atom stereocenters. The number of halogens is 2. The molecule has 0 heterocycles. The number of benzene rings is 1. The number of nitrogens with one attached hydrogen (secondary N) is 1. The Labute approximate surface area is 166 Å². The Hall–Kier alpha value is -1.90. The number of terminal acetylenes is 1. The summed E-state index contributed by atoms with van der Waals surface area (Å²) in [4.78, 5) is 17.0. The number of aliphatic imine (C=N–C) groups is 1. The van der Waals surface area contributed by atoms with Crippen LogP contribution in [0.1, 0.15) is 55.3 Å². The van der Waals surface area contributed by atoms with Crippen molar-refractivity contribution < 1.29 is 9.53 Å². The monoisotopic (exact) mass is 397 g/mol. The van der Waals surface area contributed by atoms with Crippen molar-refractivity contribution in [1.29, 1.82) is 0 Å². The molecule has 1 aromatic carbocycles. The third-order valence-electron chi connectivity index (χ3n) is 4.14. The number of nitrogens with zero attached hydrogens (tertiary/aromatic N) is 1. The second-order valence-electron chi connectivity index (χ2n) is 6.10. The molecule has 1 aromatic rings. The van der Waals surface area contributed by atoms with Crippen LogP contribution in [0.3, 0.4) is 0 Å². The van der Waals surface area contributed by atoms with Crippen LogP contribution in [0.5, 0.6) is 5.75 Å². The van der Waals surface area contributed by atoms with E-state index in [1.165, 1.54) is 25.3 Å². The van der Waals surface area contributed by atoms with E-state index in [1.54, 1.807) is 12.1 Å². The maximum Gasteiger partial charge on any atom is 0.261 e. The minimum Gasteiger partial charge on any atom is -0.480 e. The standard InChI is InChI=1S/C19H24ClN3O2.ClH/c1-2-12-25-17-11-10-14(20)13-16(17)18(24)23-19(21)22-15-8-6-4-3-5-7-9-15;/h1,10-11,13,15H,3-9,12H2,(H3,21,22,23,24);1H. The van der Waals surface area contributed by atoms with Crippen LogP contribution in [-0.4, -0.2) is 24.5 Å². The highest BCUT2D eigenvalue weighted by Gasteiger charge is 2.16. The second-order valence-corrected chi connectivity index (χ2v) is 6.54. The highest BCUT2D eigenvalue weighted by molar-refractivity contribution is 6.31. The molecular weight excluding hydrogens is 373 g/mol. The van der Waals surface area contributed by atoms with Gasteiger partial charge in [-0.1, -0.05) is 49.6 Å². The van der Waals surface area contributed by atoms with Gasteiger partial charge in [0.2, 0.25) is 0 Å². The summed E-state index contributed by atoms with van der Waals surface area (Å²) >= 11 is 5.98. The van der Waals surface area contributed by atoms with E-state index in [0.29, 0.717) is 10.8 Å². The number of carbonyl (C=O) groups excluding carboxylic acids is 1. The van der Waals surface area contributed by atoms with Crippen LogP contribution in [0.25, 0.3) is 0 Å². The number of guanidine groups is 1. The van der Waals surface area contributed by atoms with Crippen molar-refractivity contribution in [3.8, 4) is 18.1 Å². The summed E-state index contributed by atoms with van der Waals surface area (Å²) in [5, 5.41) is 3.05. The number of ether oxygens (including phenoxy) is 1. The van der Waals surface area contributed by atoms with Gasteiger partial charge in [-0.2, -0.15) is 0 Å². The third kappa shape index (κ3) is 7.15. The summed E-state index contributed by atoms with van der Waals surface area (Å²) in [6.45, 7) is 0.0631. The summed E-state index contributed by atoms with van der Waals surface area (Å²) in [5.74, 6) is 2.44. The average Bonchev–Trinajstić information content (AvgIpc) is 2.56. The fourth-order valence-corrected chi connectivity index (χ4v) is 3.07. The molecule has 0 unspecified atom stereocenters. The van der Waals surface area contributed by atoms with Gasteiger partial charge >= 0.3 is 0 Å². The van der Waals surface area contributed by atoms with Gasteiger partial charge in [0.25, 0.3) is 5.91 Å². The number of carbonyl (C=O) groups is 1. The summed E-state index contributed by atoms with van der Waals surface area (Å²) in [6, 6.07) is 4.93. The van der Waals surface area contributed by atoms with Gasteiger partial charge in [0.15, 0.2) is 5.96 Å². The van der Waals surface area contributed by atoms with Crippen LogP contribution in [0.2, 0.25) is 5.02 Å². The summed E-state index contributed by atoms with van der Waals surface area (Å²) in [6.07, 6.45) is 13.3. The number of amides is 1. The minimum absolute atomic E-state index is 0. The fraction of sp³-hybridized carbons (Fsp3) is 0.474. The lowest BCUT2D eigenvalue weighted by molar-refractivity contribution is 0.0973. The molecule has 1 aliphatic rings. The van der Waals surface area contributed by atoms with E-state index in [2.05, 4.69) is 16.2 Å². The quantitative estimate of drug-likeness (QED) is 0.458. The van der Waals surface area contributed by atoms with Crippen molar-refractivity contribution >= 4 is 35.9 Å². The Bertz CT molecular complexity index is 663. The lowest BCUT2D eigenvalue weighted by Gasteiger charge is -2.17. The third-order valence-corrected chi connectivity index (χ3v) is 4.37. The first kappa shape index (κ1) is 22.1. The van der Waals surface area contributed by atoms with Crippen molar-refractivity contribution in [3.63, 3.8) is 0 Å². The Morgan fingerprint density at radius 3 is 2.62 bits per heavy atom. The van der Waals surface area contributed by atoms with Gasteiger partial charge in [0, 0.05) is 5.02 Å². The maximum atomic E-state index is 12.5. The van der Waals surface area contributed by atoms with E-state index < -0.39 is 5.91 Å². The Balaban J connectivity index is 0.00000338. The molecule has 3 N–H and O–H groups in total. The number of hydrogen-bond donors (Lipinski definition) is 2. The minimum atomic E-state index is -0.415. The molecule has 2 rings (SSSR count). The number of nitrogens with two attached hydrogens (primary N) is 1. The van der Waals surface area contributed by atoms with Crippen LogP contribution >= 0.6 is 24.0 Å². The second kappa shape index (κ2) is 11.7. The zero-order chi connectivity index (χ0) is 18.1. The van der Waals surface area contributed by atoms with Crippen LogP contribution < -0.4 is 15.8 Å². The lowest BCUT2D eigenvalue weighted by Crippen LogP contribution is -2.38.